The van der Waals surface area contributed by atoms with Crippen LogP contribution >= 0.6 is 11.3 Å². The monoisotopic (exact) mass is 340 g/mol. The van der Waals surface area contributed by atoms with Crippen molar-refractivity contribution >= 4 is 32.7 Å². The number of nitrogens with zero attached hydrogens (tertiary/aromatic N) is 1. The Kier molecular flexibility index (Phi) is 5.43. The van der Waals surface area contributed by atoms with Crippen molar-refractivity contribution in [1.29, 1.82) is 0 Å². The topological polar surface area (TPSA) is 51.2 Å². The highest BCUT2D eigenvalue weighted by molar-refractivity contribution is 7.22. The Balaban J connectivity index is 1.72. The summed E-state index contributed by atoms with van der Waals surface area (Å²) in [6, 6.07) is 17.7. The molecule has 2 aromatic carbocycles. The van der Waals surface area contributed by atoms with E-state index in [2.05, 4.69) is 22.4 Å². The molecule has 0 bridgehead atoms. The second-order valence-corrected chi connectivity index (χ2v) is 6.49. The molecule has 1 aromatic heterocycles. The van der Waals surface area contributed by atoms with Crippen LogP contribution in [0.4, 0.5) is 5.13 Å². The minimum Gasteiger partial charge on any atom is -0.464 e. The highest BCUT2D eigenvalue weighted by atomic mass is 32.1. The summed E-state index contributed by atoms with van der Waals surface area (Å²) in [5.74, 6) is -0.229. The summed E-state index contributed by atoms with van der Waals surface area (Å²) >= 11 is 1.55. The summed E-state index contributed by atoms with van der Waals surface area (Å²) in [5, 5.41) is 4.01. The maximum atomic E-state index is 12.3. The zero-order chi connectivity index (χ0) is 16.8. The minimum absolute atomic E-state index is 0.229. The molecule has 1 N–H and O–H groups in total. The molecule has 24 heavy (non-hydrogen) atoms. The third kappa shape index (κ3) is 4.11. The number of carbonyl (C=O) groups excluding carboxylic acids is 1. The molecule has 0 saturated heterocycles. The van der Waals surface area contributed by atoms with Gasteiger partial charge in [0.2, 0.25) is 0 Å². The van der Waals surface area contributed by atoms with Gasteiger partial charge in [-0.15, -0.1) is 0 Å². The standard InChI is InChI=1S/C19H20N2O2S/c1-2-23-18(22)16(13-12-14-8-4-3-5-9-14)21-19-20-15-10-6-7-11-17(15)24-19/h3-11,16H,2,12-13H2,1H3,(H,20,21)/t16-/m1/s1. The quantitative estimate of drug-likeness (QED) is 0.653. The largest absolute Gasteiger partial charge is 0.464 e. The van der Waals surface area contributed by atoms with Gasteiger partial charge in [-0.2, -0.15) is 0 Å². The average Bonchev–Trinajstić information content (AvgIpc) is 3.02. The highest BCUT2D eigenvalue weighted by Crippen LogP contribution is 2.26. The van der Waals surface area contributed by atoms with E-state index in [4.69, 9.17) is 4.74 Å². The zero-order valence-electron chi connectivity index (χ0n) is 13.6. The molecule has 1 atom stereocenters. The number of fused-ring (bicyclic) bond motifs is 1. The summed E-state index contributed by atoms with van der Waals surface area (Å²) in [6.45, 7) is 2.20. The van der Waals surface area contributed by atoms with Gasteiger partial charge >= 0.3 is 5.97 Å². The number of benzene rings is 2. The number of aryl methyl sites for hydroxylation is 1. The number of thiazole rings is 1. The molecule has 0 aliphatic rings. The van der Waals surface area contributed by atoms with E-state index in [9.17, 15) is 4.79 Å². The van der Waals surface area contributed by atoms with E-state index >= 15 is 0 Å². The maximum Gasteiger partial charge on any atom is 0.328 e. The minimum atomic E-state index is -0.397. The van der Waals surface area contributed by atoms with Crippen LogP contribution in [0.25, 0.3) is 10.2 Å². The number of nitrogens with one attached hydrogen (secondary N) is 1. The van der Waals surface area contributed by atoms with Crippen LogP contribution in [0.1, 0.15) is 18.9 Å². The first-order valence-corrected chi connectivity index (χ1v) is 8.90. The van der Waals surface area contributed by atoms with Gasteiger partial charge in [0.05, 0.1) is 16.8 Å². The van der Waals surface area contributed by atoms with Crippen molar-refractivity contribution < 1.29 is 9.53 Å². The molecular formula is C19H20N2O2S. The van der Waals surface area contributed by atoms with Crippen LogP contribution in [0.3, 0.4) is 0 Å². The van der Waals surface area contributed by atoms with Gasteiger partial charge in [0, 0.05) is 0 Å². The molecule has 0 amide bonds. The predicted molar refractivity (Wildman–Crippen MR) is 98.4 cm³/mol. The molecule has 4 nitrogen and oxygen atoms in total. The van der Waals surface area contributed by atoms with Crippen LogP contribution in [-0.4, -0.2) is 23.6 Å². The van der Waals surface area contributed by atoms with E-state index in [0.717, 1.165) is 21.8 Å². The molecule has 3 aromatic rings. The van der Waals surface area contributed by atoms with Gasteiger partial charge in [0.1, 0.15) is 6.04 Å². The molecule has 0 aliphatic heterocycles. The van der Waals surface area contributed by atoms with Crippen molar-refractivity contribution in [2.75, 3.05) is 11.9 Å². The number of rotatable bonds is 7. The van der Waals surface area contributed by atoms with E-state index < -0.39 is 6.04 Å². The second-order valence-electron chi connectivity index (χ2n) is 5.46. The van der Waals surface area contributed by atoms with E-state index in [1.165, 1.54) is 5.56 Å². The van der Waals surface area contributed by atoms with E-state index in [0.29, 0.717) is 13.0 Å². The lowest BCUT2D eigenvalue weighted by molar-refractivity contribution is -0.144. The molecule has 0 saturated carbocycles. The molecule has 0 radical (unpaired) electrons. The fourth-order valence-corrected chi connectivity index (χ4v) is 3.45. The van der Waals surface area contributed by atoms with Gasteiger partial charge < -0.3 is 10.1 Å². The summed E-state index contributed by atoms with van der Waals surface area (Å²) < 4.78 is 6.32. The van der Waals surface area contributed by atoms with Crippen LogP contribution in [-0.2, 0) is 16.0 Å². The third-order valence-electron chi connectivity index (χ3n) is 3.73. The van der Waals surface area contributed by atoms with E-state index in [-0.39, 0.29) is 5.97 Å². The number of para-hydroxylation sites is 1. The molecule has 0 unspecified atom stereocenters. The molecular weight excluding hydrogens is 320 g/mol. The number of esters is 1. The first-order valence-electron chi connectivity index (χ1n) is 8.09. The SMILES string of the molecule is CCOC(=O)[C@@H](CCc1ccccc1)Nc1nc2ccccc2s1. The number of aromatic nitrogens is 1. The molecule has 3 rings (SSSR count). The van der Waals surface area contributed by atoms with E-state index in [1.807, 2.05) is 49.4 Å². The molecule has 0 fully saturated rings. The fourth-order valence-electron chi connectivity index (χ4n) is 2.53. The Labute approximate surface area is 145 Å². The van der Waals surface area contributed by atoms with Gasteiger partial charge in [-0.05, 0) is 37.5 Å². The van der Waals surface area contributed by atoms with Crippen LogP contribution in [0.15, 0.2) is 54.6 Å². The van der Waals surface area contributed by atoms with Crippen LogP contribution in [0.2, 0.25) is 0 Å². The fraction of sp³-hybridized carbons (Fsp3) is 0.263. The normalized spacial score (nSPS) is 12.0. The van der Waals surface area contributed by atoms with Crippen molar-refractivity contribution in [1.82, 2.24) is 4.98 Å². The first-order chi connectivity index (χ1) is 11.8. The Morgan fingerprint density at radius 2 is 1.92 bits per heavy atom. The lowest BCUT2D eigenvalue weighted by Crippen LogP contribution is -2.32. The predicted octanol–water partition coefficient (Wildman–Crippen LogP) is 4.27. The van der Waals surface area contributed by atoms with Gasteiger partial charge in [-0.1, -0.05) is 53.8 Å². The number of anilines is 1. The summed E-state index contributed by atoms with van der Waals surface area (Å²) in [5.41, 5.74) is 2.15. The highest BCUT2D eigenvalue weighted by Gasteiger charge is 2.21. The van der Waals surface area contributed by atoms with Crippen LogP contribution in [0, 0.1) is 0 Å². The van der Waals surface area contributed by atoms with Gasteiger partial charge in [0.25, 0.3) is 0 Å². The summed E-state index contributed by atoms with van der Waals surface area (Å²) in [7, 11) is 0. The number of ether oxygens (including phenoxy) is 1. The molecule has 5 heteroatoms. The summed E-state index contributed by atoms with van der Waals surface area (Å²) in [6.07, 6.45) is 1.47. The van der Waals surface area contributed by atoms with Gasteiger partial charge in [-0.3, -0.25) is 0 Å². The van der Waals surface area contributed by atoms with Crippen molar-refractivity contribution in [2.24, 2.45) is 0 Å². The maximum absolute atomic E-state index is 12.3. The molecule has 124 valence electrons. The third-order valence-corrected chi connectivity index (χ3v) is 4.69. The second kappa shape index (κ2) is 7.93. The molecule has 1 heterocycles. The van der Waals surface area contributed by atoms with Crippen molar-refractivity contribution in [2.45, 2.75) is 25.8 Å². The Bertz CT molecular complexity index is 768. The van der Waals surface area contributed by atoms with Gasteiger partial charge in [-0.25, -0.2) is 9.78 Å². The van der Waals surface area contributed by atoms with Gasteiger partial charge in [0.15, 0.2) is 5.13 Å². The number of hydrogen-bond donors (Lipinski definition) is 1. The van der Waals surface area contributed by atoms with Crippen molar-refractivity contribution in [3.8, 4) is 0 Å². The number of hydrogen-bond acceptors (Lipinski definition) is 5. The van der Waals surface area contributed by atoms with E-state index in [1.54, 1.807) is 11.3 Å². The van der Waals surface area contributed by atoms with Crippen molar-refractivity contribution in [3.05, 3.63) is 60.2 Å². The summed E-state index contributed by atoms with van der Waals surface area (Å²) in [4.78, 5) is 16.8. The Morgan fingerprint density at radius 1 is 1.17 bits per heavy atom. The lowest BCUT2D eigenvalue weighted by atomic mass is 10.1. The van der Waals surface area contributed by atoms with Crippen molar-refractivity contribution in [3.63, 3.8) is 0 Å². The number of carbonyl (C=O) groups is 1. The molecule has 0 spiro atoms. The Morgan fingerprint density at radius 3 is 2.67 bits per heavy atom. The Hall–Kier alpha value is -2.40. The van der Waals surface area contributed by atoms with Crippen LogP contribution in [0.5, 0.6) is 0 Å². The average molecular weight is 340 g/mol. The van der Waals surface area contributed by atoms with Crippen LogP contribution < -0.4 is 5.32 Å². The zero-order valence-corrected chi connectivity index (χ0v) is 14.4. The lowest BCUT2D eigenvalue weighted by Gasteiger charge is -2.16. The molecule has 0 aliphatic carbocycles. The smallest absolute Gasteiger partial charge is 0.328 e. The first kappa shape index (κ1) is 16.5.